The van der Waals surface area contributed by atoms with Crippen LogP contribution in [0.5, 0.6) is 0 Å². The molecule has 0 unspecified atom stereocenters. The van der Waals surface area contributed by atoms with Gasteiger partial charge in [0.2, 0.25) is 0 Å². The molecule has 2 fully saturated rings. The van der Waals surface area contributed by atoms with E-state index in [0.29, 0.717) is 24.7 Å². The van der Waals surface area contributed by atoms with E-state index < -0.39 is 0 Å². The number of hydrogen-bond donors (Lipinski definition) is 2. The Morgan fingerprint density at radius 3 is 2.12 bits per heavy atom. The third-order valence-electron chi connectivity index (χ3n) is 5.16. The lowest BCUT2D eigenvalue weighted by molar-refractivity contribution is 0.0917. The van der Waals surface area contributed by atoms with E-state index in [1.165, 1.54) is 43.5 Å². The van der Waals surface area contributed by atoms with E-state index in [4.69, 9.17) is 0 Å². The predicted molar refractivity (Wildman–Crippen MR) is 93.9 cm³/mol. The van der Waals surface area contributed by atoms with E-state index in [1.807, 2.05) is 4.90 Å². The number of benzene rings is 1. The molecule has 5 nitrogen and oxygen atoms in total. The van der Waals surface area contributed by atoms with Crippen LogP contribution in [-0.4, -0.2) is 42.0 Å². The maximum Gasteiger partial charge on any atom is 0.317 e. The summed E-state index contributed by atoms with van der Waals surface area (Å²) in [4.78, 5) is 26.4. The lowest BCUT2D eigenvalue weighted by atomic mass is 9.95. The minimum Gasteiger partial charge on any atom is -0.349 e. The first-order valence-corrected chi connectivity index (χ1v) is 9.24. The number of amides is 3. The van der Waals surface area contributed by atoms with Gasteiger partial charge in [0, 0.05) is 30.7 Å². The van der Waals surface area contributed by atoms with E-state index >= 15 is 0 Å². The van der Waals surface area contributed by atoms with Gasteiger partial charge in [-0.05, 0) is 49.9 Å². The molecular formula is C19H26FN3O2. The van der Waals surface area contributed by atoms with Crippen molar-refractivity contribution in [1.29, 1.82) is 0 Å². The molecule has 1 aliphatic carbocycles. The Hall–Kier alpha value is -2.11. The molecule has 0 radical (unpaired) electrons. The molecule has 1 heterocycles. The summed E-state index contributed by atoms with van der Waals surface area (Å²) >= 11 is 0. The fourth-order valence-electron chi connectivity index (χ4n) is 3.61. The molecule has 0 bridgehead atoms. The van der Waals surface area contributed by atoms with E-state index in [2.05, 4.69) is 10.6 Å². The Bertz CT molecular complexity index is 591. The number of likely N-dealkylation sites (tertiary alicyclic amines) is 1. The number of nitrogens with one attached hydrogen (secondary N) is 2. The Kier molecular flexibility index (Phi) is 5.89. The predicted octanol–water partition coefficient (Wildman–Crippen LogP) is 3.06. The van der Waals surface area contributed by atoms with Crippen molar-refractivity contribution in [3.05, 3.63) is 35.6 Å². The van der Waals surface area contributed by atoms with Crippen LogP contribution >= 0.6 is 0 Å². The zero-order valence-corrected chi connectivity index (χ0v) is 14.5. The summed E-state index contributed by atoms with van der Waals surface area (Å²) in [6.45, 7) is 1.29. The summed E-state index contributed by atoms with van der Waals surface area (Å²) in [5.74, 6) is -0.543. The molecule has 1 saturated carbocycles. The van der Waals surface area contributed by atoms with Gasteiger partial charge in [-0.15, -0.1) is 0 Å². The van der Waals surface area contributed by atoms with Gasteiger partial charge in [0.05, 0.1) is 0 Å². The van der Waals surface area contributed by atoms with Crippen molar-refractivity contribution in [3.63, 3.8) is 0 Å². The number of hydrogen-bond acceptors (Lipinski definition) is 2. The first kappa shape index (κ1) is 17.7. The fourth-order valence-corrected chi connectivity index (χ4v) is 3.61. The Labute approximate surface area is 148 Å². The van der Waals surface area contributed by atoms with Crippen LogP contribution in [0.2, 0.25) is 0 Å². The molecule has 136 valence electrons. The number of carbonyl (C=O) groups is 2. The van der Waals surface area contributed by atoms with Gasteiger partial charge in [-0.2, -0.15) is 0 Å². The summed E-state index contributed by atoms with van der Waals surface area (Å²) in [5, 5.41) is 6.12. The standard InChI is InChI=1S/C19H26FN3O2/c20-15-8-6-14(7-9-15)18(24)21-17-10-12-23(13-11-17)19(25)22-16-4-2-1-3-5-16/h6-9,16-17H,1-5,10-13H2,(H,21,24)(H,22,25). The number of carbonyl (C=O) groups excluding carboxylic acids is 2. The van der Waals surface area contributed by atoms with Crippen molar-refractivity contribution in [3.8, 4) is 0 Å². The van der Waals surface area contributed by atoms with Gasteiger partial charge < -0.3 is 15.5 Å². The number of halogens is 1. The second kappa shape index (κ2) is 8.32. The summed E-state index contributed by atoms with van der Waals surface area (Å²) in [7, 11) is 0. The highest BCUT2D eigenvalue weighted by molar-refractivity contribution is 5.94. The third kappa shape index (κ3) is 4.94. The maximum absolute atomic E-state index is 12.9. The molecule has 3 rings (SSSR count). The molecule has 6 heteroatoms. The fraction of sp³-hybridized carbons (Fsp3) is 0.579. The second-order valence-electron chi connectivity index (χ2n) is 7.03. The zero-order chi connectivity index (χ0) is 17.6. The van der Waals surface area contributed by atoms with Crippen LogP contribution in [0.1, 0.15) is 55.3 Å². The van der Waals surface area contributed by atoms with E-state index in [1.54, 1.807) is 0 Å². The van der Waals surface area contributed by atoms with Crippen LogP contribution in [0.25, 0.3) is 0 Å². The highest BCUT2D eigenvalue weighted by Gasteiger charge is 2.25. The van der Waals surface area contributed by atoms with E-state index in [0.717, 1.165) is 25.7 Å². The largest absolute Gasteiger partial charge is 0.349 e. The lowest BCUT2D eigenvalue weighted by Crippen LogP contribution is -2.51. The monoisotopic (exact) mass is 347 g/mol. The van der Waals surface area contributed by atoms with Gasteiger partial charge in [0.25, 0.3) is 5.91 Å². The van der Waals surface area contributed by atoms with Crippen molar-refractivity contribution >= 4 is 11.9 Å². The molecule has 1 aromatic rings. The van der Waals surface area contributed by atoms with Crippen LogP contribution in [0.4, 0.5) is 9.18 Å². The molecule has 1 aliphatic heterocycles. The van der Waals surface area contributed by atoms with Gasteiger partial charge in [-0.1, -0.05) is 19.3 Å². The smallest absolute Gasteiger partial charge is 0.317 e. The van der Waals surface area contributed by atoms with Gasteiger partial charge in [-0.3, -0.25) is 4.79 Å². The number of urea groups is 1. The van der Waals surface area contributed by atoms with Crippen molar-refractivity contribution in [2.24, 2.45) is 0 Å². The van der Waals surface area contributed by atoms with Crippen molar-refractivity contribution < 1.29 is 14.0 Å². The van der Waals surface area contributed by atoms with E-state index in [9.17, 15) is 14.0 Å². The molecule has 3 amide bonds. The number of nitrogens with zero attached hydrogens (tertiary/aromatic N) is 1. The normalized spacial score (nSPS) is 19.5. The molecule has 2 aliphatic rings. The van der Waals surface area contributed by atoms with Gasteiger partial charge in [0.15, 0.2) is 0 Å². The maximum atomic E-state index is 12.9. The molecule has 0 spiro atoms. The van der Waals surface area contributed by atoms with Crippen LogP contribution in [0, 0.1) is 5.82 Å². The third-order valence-corrected chi connectivity index (χ3v) is 5.16. The van der Waals surface area contributed by atoms with Crippen molar-refractivity contribution in [2.75, 3.05) is 13.1 Å². The highest BCUT2D eigenvalue weighted by Crippen LogP contribution is 2.18. The number of piperidine rings is 1. The molecular weight excluding hydrogens is 321 g/mol. The van der Waals surface area contributed by atoms with Crippen molar-refractivity contribution in [2.45, 2.75) is 57.0 Å². The van der Waals surface area contributed by atoms with Gasteiger partial charge in [0.1, 0.15) is 5.82 Å². The molecule has 25 heavy (non-hydrogen) atoms. The SMILES string of the molecule is O=C(NC1CCN(C(=O)NC2CCCCC2)CC1)c1ccc(F)cc1. The quantitative estimate of drug-likeness (QED) is 0.883. The van der Waals surface area contributed by atoms with E-state index in [-0.39, 0.29) is 23.8 Å². The summed E-state index contributed by atoms with van der Waals surface area (Å²) < 4.78 is 12.9. The Morgan fingerprint density at radius 1 is 0.880 bits per heavy atom. The van der Waals surface area contributed by atoms with Gasteiger partial charge in [-0.25, -0.2) is 9.18 Å². The van der Waals surface area contributed by atoms with Gasteiger partial charge >= 0.3 is 6.03 Å². The van der Waals surface area contributed by atoms with Crippen LogP contribution in [0.15, 0.2) is 24.3 Å². The number of rotatable bonds is 3. The summed E-state index contributed by atoms with van der Waals surface area (Å²) in [6, 6.07) is 5.93. The first-order chi connectivity index (χ1) is 12.1. The molecule has 0 atom stereocenters. The van der Waals surface area contributed by atoms with Crippen LogP contribution in [0.3, 0.4) is 0 Å². The summed E-state index contributed by atoms with van der Waals surface area (Å²) in [5.41, 5.74) is 0.457. The highest BCUT2D eigenvalue weighted by atomic mass is 19.1. The lowest BCUT2D eigenvalue weighted by Gasteiger charge is -2.34. The molecule has 1 aromatic carbocycles. The zero-order valence-electron chi connectivity index (χ0n) is 14.5. The average molecular weight is 347 g/mol. The molecule has 0 aromatic heterocycles. The minimum atomic E-state index is -0.353. The summed E-state index contributed by atoms with van der Waals surface area (Å²) in [6.07, 6.45) is 7.30. The first-order valence-electron chi connectivity index (χ1n) is 9.24. The Balaban J connectivity index is 1.42. The molecule has 1 saturated heterocycles. The topological polar surface area (TPSA) is 61.4 Å². The van der Waals surface area contributed by atoms with Crippen molar-refractivity contribution in [1.82, 2.24) is 15.5 Å². The Morgan fingerprint density at radius 2 is 1.48 bits per heavy atom. The molecule has 2 N–H and O–H groups in total. The van der Waals surface area contributed by atoms with Crippen LogP contribution < -0.4 is 10.6 Å². The minimum absolute atomic E-state index is 0.0233. The second-order valence-corrected chi connectivity index (χ2v) is 7.03. The average Bonchev–Trinajstić information content (AvgIpc) is 2.63. The van der Waals surface area contributed by atoms with Crippen LogP contribution in [-0.2, 0) is 0 Å².